The molecule has 6 nitrogen and oxygen atoms in total. The smallest absolute Gasteiger partial charge is 0.317 e. The van der Waals surface area contributed by atoms with Gasteiger partial charge in [0, 0.05) is 44.4 Å². The van der Waals surface area contributed by atoms with Gasteiger partial charge >= 0.3 is 5.97 Å². The van der Waals surface area contributed by atoms with Gasteiger partial charge in [-0.1, -0.05) is 6.92 Å². The van der Waals surface area contributed by atoms with Crippen molar-refractivity contribution in [2.75, 3.05) is 37.6 Å². The largest absolute Gasteiger partial charge is 0.480 e. The summed E-state index contributed by atoms with van der Waals surface area (Å²) in [7, 11) is 0. The molecule has 0 aliphatic carbocycles. The second-order valence-electron chi connectivity index (χ2n) is 4.79. The lowest BCUT2D eigenvalue weighted by Crippen LogP contribution is -2.48. The number of aliphatic carboxylic acids is 1. The van der Waals surface area contributed by atoms with E-state index in [2.05, 4.69) is 14.9 Å². The molecule has 1 aromatic rings. The van der Waals surface area contributed by atoms with Crippen molar-refractivity contribution in [2.24, 2.45) is 0 Å². The van der Waals surface area contributed by atoms with E-state index in [0.29, 0.717) is 0 Å². The fraction of sp³-hybridized carbons (Fsp3) is 0.615. The van der Waals surface area contributed by atoms with Gasteiger partial charge < -0.3 is 10.0 Å². The van der Waals surface area contributed by atoms with Crippen molar-refractivity contribution >= 4 is 11.8 Å². The second-order valence-corrected chi connectivity index (χ2v) is 4.79. The highest BCUT2D eigenvalue weighted by atomic mass is 16.4. The zero-order chi connectivity index (χ0) is 13.8. The monoisotopic (exact) mass is 264 g/mol. The Hall–Kier alpha value is -1.69. The molecule has 0 aromatic carbocycles. The van der Waals surface area contributed by atoms with Crippen molar-refractivity contribution in [3.63, 3.8) is 0 Å². The predicted octanol–water partition coefficient (Wildman–Crippen LogP) is 0.554. The summed E-state index contributed by atoms with van der Waals surface area (Å²) in [5.41, 5.74) is 0.981. The maximum absolute atomic E-state index is 10.7. The van der Waals surface area contributed by atoms with Crippen LogP contribution in [0.5, 0.6) is 0 Å². The van der Waals surface area contributed by atoms with E-state index in [4.69, 9.17) is 5.11 Å². The summed E-state index contributed by atoms with van der Waals surface area (Å²) in [6, 6.07) is 1.99. The molecule has 104 valence electrons. The molecule has 0 atom stereocenters. The first-order valence-corrected chi connectivity index (χ1v) is 6.62. The number of piperazine rings is 1. The van der Waals surface area contributed by atoms with Gasteiger partial charge in [-0.2, -0.15) is 0 Å². The lowest BCUT2D eigenvalue weighted by atomic mass is 10.3. The SMILES string of the molecule is CCc1nc(C)cc(N2CCN(CC(=O)O)CC2)n1. The molecule has 1 N–H and O–H groups in total. The molecule has 0 unspecified atom stereocenters. The molecule has 19 heavy (non-hydrogen) atoms. The zero-order valence-corrected chi connectivity index (χ0v) is 11.5. The van der Waals surface area contributed by atoms with Crippen molar-refractivity contribution in [3.05, 3.63) is 17.6 Å². The van der Waals surface area contributed by atoms with Crippen LogP contribution in [-0.2, 0) is 11.2 Å². The molecule has 0 amide bonds. The van der Waals surface area contributed by atoms with E-state index < -0.39 is 5.97 Å². The lowest BCUT2D eigenvalue weighted by molar-refractivity contribution is -0.138. The number of hydrogen-bond acceptors (Lipinski definition) is 5. The van der Waals surface area contributed by atoms with Crippen molar-refractivity contribution in [3.8, 4) is 0 Å². The van der Waals surface area contributed by atoms with Gasteiger partial charge in [0.1, 0.15) is 11.6 Å². The van der Waals surface area contributed by atoms with Crippen molar-refractivity contribution < 1.29 is 9.90 Å². The number of aromatic nitrogens is 2. The Morgan fingerprint density at radius 3 is 2.58 bits per heavy atom. The van der Waals surface area contributed by atoms with Crippen molar-refractivity contribution in [1.82, 2.24) is 14.9 Å². The highest BCUT2D eigenvalue weighted by molar-refractivity contribution is 5.69. The zero-order valence-electron chi connectivity index (χ0n) is 11.5. The first-order valence-electron chi connectivity index (χ1n) is 6.62. The lowest BCUT2D eigenvalue weighted by Gasteiger charge is -2.34. The molecular weight excluding hydrogens is 244 g/mol. The van der Waals surface area contributed by atoms with Crippen LogP contribution in [0.2, 0.25) is 0 Å². The van der Waals surface area contributed by atoms with Crippen LogP contribution >= 0.6 is 0 Å². The summed E-state index contributed by atoms with van der Waals surface area (Å²) in [6.45, 7) is 7.29. The molecule has 2 rings (SSSR count). The third kappa shape index (κ3) is 3.64. The third-order valence-corrected chi connectivity index (χ3v) is 3.26. The summed E-state index contributed by atoms with van der Waals surface area (Å²) in [5, 5.41) is 8.78. The van der Waals surface area contributed by atoms with Gasteiger partial charge in [0.25, 0.3) is 0 Å². The number of anilines is 1. The topological polar surface area (TPSA) is 69.6 Å². The average molecular weight is 264 g/mol. The molecule has 0 radical (unpaired) electrons. The van der Waals surface area contributed by atoms with Gasteiger partial charge in [-0.25, -0.2) is 9.97 Å². The number of hydrogen-bond donors (Lipinski definition) is 1. The standard InChI is InChI=1S/C13H20N4O2/c1-3-11-14-10(2)8-12(15-11)17-6-4-16(5-7-17)9-13(18)19/h8H,3-7,9H2,1-2H3,(H,18,19). The number of aryl methyl sites for hydroxylation is 2. The van der Waals surface area contributed by atoms with E-state index >= 15 is 0 Å². The number of carboxylic acids is 1. The van der Waals surface area contributed by atoms with E-state index in [0.717, 1.165) is 49.9 Å². The molecule has 0 spiro atoms. The summed E-state index contributed by atoms with van der Waals surface area (Å²) in [4.78, 5) is 23.7. The van der Waals surface area contributed by atoms with E-state index in [1.54, 1.807) is 0 Å². The van der Waals surface area contributed by atoms with Crippen LogP contribution in [0.4, 0.5) is 5.82 Å². The minimum absolute atomic E-state index is 0.122. The Morgan fingerprint density at radius 1 is 1.32 bits per heavy atom. The third-order valence-electron chi connectivity index (χ3n) is 3.26. The molecule has 0 saturated carbocycles. The Labute approximate surface area is 113 Å². The van der Waals surface area contributed by atoms with Crippen molar-refractivity contribution in [1.29, 1.82) is 0 Å². The van der Waals surface area contributed by atoms with Gasteiger partial charge in [-0.05, 0) is 6.92 Å². The molecule has 1 fully saturated rings. The Kier molecular flexibility index (Phi) is 4.31. The van der Waals surface area contributed by atoms with Crippen molar-refractivity contribution in [2.45, 2.75) is 20.3 Å². The quantitative estimate of drug-likeness (QED) is 0.856. The maximum Gasteiger partial charge on any atom is 0.317 e. The molecule has 1 aliphatic heterocycles. The molecular formula is C13H20N4O2. The van der Waals surface area contributed by atoms with Crippen LogP contribution in [0.1, 0.15) is 18.4 Å². The number of carbonyl (C=O) groups is 1. The first-order chi connectivity index (χ1) is 9.08. The predicted molar refractivity (Wildman–Crippen MR) is 72.4 cm³/mol. The number of rotatable bonds is 4. The van der Waals surface area contributed by atoms with Gasteiger partial charge in [0.15, 0.2) is 0 Å². The first kappa shape index (κ1) is 13.7. The van der Waals surface area contributed by atoms with E-state index in [-0.39, 0.29) is 6.54 Å². The second kappa shape index (κ2) is 5.97. The minimum atomic E-state index is -0.764. The van der Waals surface area contributed by atoms with Crippen LogP contribution in [0.3, 0.4) is 0 Å². The molecule has 1 saturated heterocycles. The van der Waals surface area contributed by atoms with Gasteiger partial charge in [-0.3, -0.25) is 9.69 Å². The highest BCUT2D eigenvalue weighted by Gasteiger charge is 2.20. The Balaban J connectivity index is 2.01. The van der Waals surface area contributed by atoms with Crippen LogP contribution in [0.15, 0.2) is 6.07 Å². The van der Waals surface area contributed by atoms with Crippen LogP contribution < -0.4 is 4.90 Å². The van der Waals surface area contributed by atoms with Crippen LogP contribution in [0.25, 0.3) is 0 Å². The maximum atomic E-state index is 10.7. The summed E-state index contributed by atoms with van der Waals surface area (Å²) in [5.74, 6) is 1.06. The van der Waals surface area contributed by atoms with E-state index in [1.807, 2.05) is 24.8 Å². The number of nitrogens with zero attached hydrogens (tertiary/aromatic N) is 4. The van der Waals surface area contributed by atoms with Crippen LogP contribution in [0, 0.1) is 6.92 Å². The molecule has 1 aliphatic rings. The minimum Gasteiger partial charge on any atom is -0.480 e. The van der Waals surface area contributed by atoms with Crippen LogP contribution in [-0.4, -0.2) is 58.7 Å². The Morgan fingerprint density at radius 2 is 2.00 bits per heavy atom. The highest BCUT2D eigenvalue weighted by Crippen LogP contribution is 2.15. The van der Waals surface area contributed by atoms with Gasteiger partial charge in [0.2, 0.25) is 0 Å². The average Bonchev–Trinajstić information content (AvgIpc) is 2.38. The summed E-state index contributed by atoms with van der Waals surface area (Å²) >= 11 is 0. The molecule has 1 aromatic heterocycles. The summed E-state index contributed by atoms with van der Waals surface area (Å²) in [6.07, 6.45) is 0.827. The number of carboxylic acid groups (broad SMARTS) is 1. The normalized spacial score (nSPS) is 16.6. The fourth-order valence-electron chi connectivity index (χ4n) is 2.26. The summed E-state index contributed by atoms with van der Waals surface area (Å²) < 4.78 is 0. The van der Waals surface area contributed by atoms with E-state index in [9.17, 15) is 4.79 Å². The van der Waals surface area contributed by atoms with Gasteiger partial charge in [-0.15, -0.1) is 0 Å². The fourth-order valence-corrected chi connectivity index (χ4v) is 2.26. The Bertz CT molecular complexity index is 456. The van der Waals surface area contributed by atoms with Gasteiger partial charge in [0.05, 0.1) is 6.54 Å². The molecule has 0 bridgehead atoms. The molecule has 6 heteroatoms. The molecule has 2 heterocycles. The van der Waals surface area contributed by atoms with E-state index in [1.165, 1.54) is 0 Å².